The van der Waals surface area contributed by atoms with Gasteiger partial charge in [0.05, 0.1) is 6.10 Å². The first-order valence-electron chi connectivity index (χ1n) is 9.85. The molecule has 128 valence electrons. The Morgan fingerprint density at radius 1 is 1.04 bits per heavy atom. The fourth-order valence-corrected chi connectivity index (χ4v) is 7.21. The lowest BCUT2D eigenvalue weighted by molar-refractivity contribution is -0.119. The number of carbonyl (C=O) groups is 1. The van der Waals surface area contributed by atoms with E-state index in [1.807, 2.05) is 0 Å². The van der Waals surface area contributed by atoms with E-state index in [0.29, 0.717) is 11.7 Å². The molecule has 0 aromatic carbocycles. The number of fused-ring (bicyclic) bond motifs is 5. The molecule has 0 aromatic rings. The van der Waals surface area contributed by atoms with Crippen molar-refractivity contribution in [3.63, 3.8) is 0 Å². The zero-order valence-electron chi connectivity index (χ0n) is 15.0. The maximum Gasteiger partial charge on any atom is 0.158 e. The Hall–Kier alpha value is -0.630. The largest absolute Gasteiger partial charge is 0.393 e. The predicted molar refractivity (Wildman–Crippen MR) is 92.0 cm³/mol. The van der Waals surface area contributed by atoms with E-state index < -0.39 is 0 Å². The highest BCUT2D eigenvalue weighted by Crippen LogP contribution is 2.65. The molecular formula is C21H32O2. The van der Waals surface area contributed by atoms with Crippen molar-refractivity contribution in [3.05, 3.63) is 11.1 Å². The van der Waals surface area contributed by atoms with Crippen LogP contribution in [0.5, 0.6) is 0 Å². The second-order valence-electron chi connectivity index (χ2n) is 9.20. The Balaban J connectivity index is 1.72. The molecule has 3 saturated carbocycles. The zero-order chi connectivity index (χ0) is 16.4. The third-order valence-corrected chi connectivity index (χ3v) is 8.55. The lowest BCUT2D eigenvalue weighted by Crippen LogP contribution is -2.51. The van der Waals surface area contributed by atoms with Crippen molar-refractivity contribution in [3.8, 4) is 0 Å². The summed E-state index contributed by atoms with van der Waals surface area (Å²) in [5, 5.41) is 10.5. The maximum atomic E-state index is 12.4. The van der Waals surface area contributed by atoms with Gasteiger partial charge in [0.1, 0.15) is 0 Å². The maximum absolute atomic E-state index is 12.4. The molecule has 23 heavy (non-hydrogen) atoms. The van der Waals surface area contributed by atoms with Crippen LogP contribution in [-0.4, -0.2) is 17.0 Å². The van der Waals surface area contributed by atoms with Gasteiger partial charge >= 0.3 is 0 Å². The Morgan fingerprint density at radius 3 is 2.57 bits per heavy atom. The highest BCUT2D eigenvalue weighted by atomic mass is 16.3. The molecule has 2 nitrogen and oxygen atoms in total. The van der Waals surface area contributed by atoms with Gasteiger partial charge in [-0.3, -0.25) is 4.79 Å². The normalized spacial score (nSPS) is 49.7. The van der Waals surface area contributed by atoms with Crippen molar-refractivity contribution in [2.75, 3.05) is 0 Å². The van der Waals surface area contributed by atoms with E-state index in [2.05, 4.69) is 20.8 Å². The first kappa shape index (κ1) is 15.9. The van der Waals surface area contributed by atoms with Gasteiger partial charge in [-0.15, -0.1) is 0 Å². The molecule has 4 aliphatic rings. The Kier molecular flexibility index (Phi) is 3.58. The van der Waals surface area contributed by atoms with E-state index in [4.69, 9.17) is 0 Å². The average molecular weight is 316 g/mol. The minimum Gasteiger partial charge on any atom is -0.393 e. The van der Waals surface area contributed by atoms with E-state index >= 15 is 0 Å². The smallest absolute Gasteiger partial charge is 0.158 e. The fourth-order valence-electron chi connectivity index (χ4n) is 7.21. The summed E-state index contributed by atoms with van der Waals surface area (Å²) in [7, 11) is 0. The third kappa shape index (κ3) is 2.00. The van der Waals surface area contributed by atoms with Crippen LogP contribution in [0.1, 0.15) is 78.6 Å². The van der Waals surface area contributed by atoms with Gasteiger partial charge in [0.2, 0.25) is 0 Å². The van der Waals surface area contributed by atoms with E-state index in [1.54, 1.807) is 0 Å². The standard InChI is InChI=1S/C21H32O2/c1-4-13-15-6-5-14-16-7-8-19(23)21(16,3)11-9-17(14)20(15,2)12-10-18(13)22/h14,16-17,19,23H,4-12H2,1-3H3/t14-,16-,17-,19?,20-,21+/m0/s1. The molecule has 0 aliphatic heterocycles. The lowest BCUT2D eigenvalue weighted by atomic mass is 9.46. The van der Waals surface area contributed by atoms with E-state index in [-0.39, 0.29) is 16.9 Å². The zero-order valence-corrected chi connectivity index (χ0v) is 15.0. The first-order valence-corrected chi connectivity index (χ1v) is 9.85. The van der Waals surface area contributed by atoms with Gasteiger partial charge in [0.25, 0.3) is 0 Å². The second kappa shape index (κ2) is 5.18. The third-order valence-electron chi connectivity index (χ3n) is 8.55. The summed E-state index contributed by atoms with van der Waals surface area (Å²) in [6, 6.07) is 0. The number of hydrogen-bond acceptors (Lipinski definition) is 2. The number of Topliss-reactive ketones (excluding diaryl/α,β-unsaturated/α-hetero) is 1. The topological polar surface area (TPSA) is 37.3 Å². The van der Waals surface area contributed by atoms with Gasteiger partial charge in [-0.25, -0.2) is 0 Å². The Labute approximate surface area is 140 Å². The summed E-state index contributed by atoms with van der Waals surface area (Å²) in [4.78, 5) is 12.4. The number of ketones is 1. The Bertz CT molecular complexity index is 562. The summed E-state index contributed by atoms with van der Waals surface area (Å²) in [5.74, 6) is 2.64. The van der Waals surface area contributed by atoms with Crippen LogP contribution in [0.25, 0.3) is 0 Å². The summed E-state index contributed by atoms with van der Waals surface area (Å²) >= 11 is 0. The molecule has 0 radical (unpaired) electrons. The van der Waals surface area contributed by atoms with Gasteiger partial charge in [-0.05, 0) is 85.5 Å². The molecule has 3 fully saturated rings. The average Bonchev–Trinajstić information content (AvgIpc) is 2.83. The molecule has 0 saturated heterocycles. The van der Waals surface area contributed by atoms with Gasteiger partial charge in [-0.1, -0.05) is 26.3 Å². The minimum atomic E-state index is -0.0858. The second-order valence-corrected chi connectivity index (χ2v) is 9.20. The monoisotopic (exact) mass is 316 g/mol. The van der Waals surface area contributed by atoms with Crippen molar-refractivity contribution >= 4 is 5.78 Å². The van der Waals surface area contributed by atoms with E-state index in [1.165, 1.54) is 36.8 Å². The molecule has 0 spiro atoms. The van der Waals surface area contributed by atoms with Crippen molar-refractivity contribution in [2.45, 2.75) is 84.7 Å². The van der Waals surface area contributed by atoms with Crippen LogP contribution in [0.15, 0.2) is 11.1 Å². The minimum absolute atomic E-state index is 0.0858. The first-order chi connectivity index (χ1) is 10.9. The number of hydrogen-bond donors (Lipinski definition) is 1. The quantitative estimate of drug-likeness (QED) is 0.764. The van der Waals surface area contributed by atoms with Gasteiger partial charge in [0.15, 0.2) is 5.78 Å². The molecule has 0 amide bonds. The molecule has 0 heterocycles. The van der Waals surface area contributed by atoms with Gasteiger partial charge < -0.3 is 5.11 Å². The van der Waals surface area contributed by atoms with Crippen LogP contribution < -0.4 is 0 Å². The fraction of sp³-hybridized carbons (Fsp3) is 0.857. The SMILES string of the molecule is CCC1=C2CC[C@@H]3[C@H](CC[C@@]4(C)C(O)CC[C@@H]34)[C@@]2(C)CCC1=O. The van der Waals surface area contributed by atoms with E-state index in [9.17, 15) is 9.90 Å². The summed E-state index contributed by atoms with van der Waals surface area (Å²) in [6.45, 7) is 6.97. The molecule has 2 heteroatoms. The molecule has 6 atom stereocenters. The van der Waals surface area contributed by atoms with Crippen LogP contribution in [-0.2, 0) is 4.79 Å². The molecular weight excluding hydrogens is 284 g/mol. The van der Waals surface area contributed by atoms with Crippen LogP contribution in [0.3, 0.4) is 0 Å². The number of aliphatic hydroxyl groups excluding tert-OH is 1. The molecule has 0 bridgehead atoms. The molecule has 4 rings (SSSR count). The number of carbonyl (C=O) groups excluding carboxylic acids is 1. The van der Waals surface area contributed by atoms with Gasteiger partial charge in [0, 0.05) is 6.42 Å². The summed E-state index contributed by atoms with van der Waals surface area (Å²) in [5.41, 5.74) is 3.13. The van der Waals surface area contributed by atoms with Gasteiger partial charge in [-0.2, -0.15) is 0 Å². The molecule has 4 aliphatic carbocycles. The number of allylic oxidation sites excluding steroid dienone is 1. The van der Waals surface area contributed by atoms with Crippen molar-refractivity contribution in [1.82, 2.24) is 0 Å². The summed E-state index contributed by atoms with van der Waals surface area (Å²) in [6.07, 6.45) is 9.69. The van der Waals surface area contributed by atoms with Crippen LogP contribution in [0.2, 0.25) is 0 Å². The van der Waals surface area contributed by atoms with Crippen LogP contribution in [0, 0.1) is 28.6 Å². The highest BCUT2D eigenvalue weighted by molar-refractivity contribution is 5.97. The Morgan fingerprint density at radius 2 is 1.83 bits per heavy atom. The highest BCUT2D eigenvalue weighted by Gasteiger charge is 2.59. The lowest BCUT2D eigenvalue weighted by Gasteiger charge is -2.58. The molecule has 0 aromatic heterocycles. The predicted octanol–water partition coefficient (Wildman–Crippen LogP) is 4.66. The van der Waals surface area contributed by atoms with Crippen molar-refractivity contribution < 1.29 is 9.90 Å². The van der Waals surface area contributed by atoms with E-state index in [0.717, 1.165) is 43.9 Å². The molecule has 1 unspecified atom stereocenters. The van der Waals surface area contributed by atoms with Crippen molar-refractivity contribution in [1.29, 1.82) is 0 Å². The van der Waals surface area contributed by atoms with Crippen LogP contribution >= 0.6 is 0 Å². The molecule has 1 N–H and O–H groups in total. The summed E-state index contributed by atoms with van der Waals surface area (Å²) < 4.78 is 0. The number of aliphatic hydroxyl groups is 1. The van der Waals surface area contributed by atoms with Crippen LogP contribution in [0.4, 0.5) is 0 Å². The number of rotatable bonds is 1. The van der Waals surface area contributed by atoms with Crippen molar-refractivity contribution in [2.24, 2.45) is 28.6 Å².